The molecule has 250 valence electrons. The summed E-state index contributed by atoms with van der Waals surface area (Å²) in [6.07, 6.45) is 0. The van der Waals surface area contributed by atoms with E-state index in [1.54, 1.807) is 0 Å². The summed E-state index contributed by atoms with van der Waals surface area (Å²) in [6, 6.07) is 62.3. The van der Waals surface area contributed by atoms with E-state index in [0.717, 1.165) is 72.7 Å². The van der Waals surface area contributed by atoms with Crippen LogP contribution in [0.2, 0.25) is 0 Å². The normalized spacial score (nSPS) is 13.2. The van der Waals surface area contributed by atoms with Crippen molar-refractivity contribution in [3.63, 3.8) is 0 Å². The van der Waals surface area contributed by atoms with Crippen molar-refractivity contribution in [2.75, 3.05) is 4.90 Å². The van der Waals surface area contributed by atoms with Crippen LogP contribution in [0.4, 0.5) is 17.1 Å². The van der Waals surface area contributed by atoms with E-state index in [-0.39, 0.29) is 13.4 Å². The van der Waals surface area contributed by atoms with Gasteiger partial charge in [-0.2, -0.15) is 0 Å². The molecule has 8 aromatic carbocycles. The quantitative estimate of drug-likeness (QED) is 0.138. The maximum Gasteiger partial charge on any atom is 0.290 e. The molecular formula is C48H29B2NO3. The van der Waals surface area contributed by atoms with Gasteiger partial charge in [0.2, 0.25) is 0 Å². The van der Waals surface area contributed by atoms with E-state index in [1.807, 2.05) is 24.3 Å². The topological polar surface area (TPSA) is 38.8 Å². The van der Waals surface area contributed by atoms with Crippen LogP contribution in [0.5, 0.6) is 11.5 Å². The van der Waals surface area contributed by atoms with E-state index in [0.29, 0.717) is 0 Å². The van der Waals surface area contributed by atoms with Crippen molar-refractivity contribution in [2.45, 2.75) is 0 Å². The molecule has 54 heavy (non-hydrogen) atoms. The Labute approximate surface area is 312 Å². The van der Waals surface area contributed by atoms with Gasteiger partial charge < -0.3 is 18.5 Å². The fourth-order valence-electron chi connectivity index (χ4n) is 9.03. The van der Waals surface area contributed by atoms with Crippen molar-refractivity contribution in [1.29, 1.82) is 0 Å². The molecule has 0 spiro atoms. The Balaban J connectivity index is 1.07. The molecule has 0 radical (unpaired) electrons. The predicted octanol–water partition coefficient (Wildman–Crippen LogP) is 8.41. The molecule has 6 heteroatoms. The molecule has 0 fully saturated rings. The van der Waals surface area contributed by atoms with Gasteiger partial charge in [-0.25, -0.2) is 0 Å². The van der Waals surface area contributed by atoms with Crippen LogP contribution < -0.4 is 42.8 Å². The lowest BCUT2D eigenvalue weighted by Gasteiger charge is -2.33. The molecule has 0 atom stereocenters. The van der Waals surface area contributed by atoms with Crippen molar-refractivity contribution in [2.24, 2.45) is 0 Å². The Morgan fingerprint density at radius 2 is 0.870 bits per heavy atom. The monoisotopic (exact) mass is 689 g/mol. The zero-order valence-electron chi connectivity index (χ0n) is 29.1. The standard InChI is InChI=1S/C48H29B2NO3/c1-2-12-31-28-33-29-35(22-21-32(33)27-30(31)11-1)50-46-38-14-4-8-18-42(38)53-47(46)49(45-37-13-3-7-17-41(37)54-48(45)50)34-23-25-36(26-24-34)51-39-15-5-9-19-43(39)52-44-20-10-6-16-40(44)51/h1-29H. The van der Waals surface area contributed by atoms with Crippen molar-refractivity contribution in [3.05, 3.63) is 176 Å². The Hall–Kier alpha value is -6.91. The highest BCUT2D eigenvalue weighted by molar-refractivity contribution is 7.12. The molecule has 4 heterocycles. The van der Waals surface area contributed by atoms with Crippen LogP contribution in [-0.2, 0) is 0 Å². The number of benzene rings is 8. The predicted molar refractivity (Wildman–Crippen MR) is 224 cm³/mol. The van der Waals surface area contributed by atoms with E-state index in [1.165, 1.54) is 32.5 Å². The van der Waals surface area contributed by atoms with Crippen LogP contribution in [0.1, 0.15) is 0 Å². The smallest absolute Gasteiger partial charge is 0.290 e. The average molecular weight is 689 g/mol. The molecule has 0 aliphatic carbocycles. The van der Waals surface area contributed by atoms with E-state index in [9.17, 15) is 0 Å². The minimum atomic E-state index is -0.176. The van der Waals surface area contributed by atoms with E-state index < -0.39 is 0 Å². The van der Waals surface area contributed by atoms with Gasteiger partial charge in [-0.15, -0.1) is 0 Å². The number of rotatable bonds is 3. The van der Waals surface area contributed by atoms with Gasteiger partial charge in [0.1, 0.15) is 11.2 Å². The highest BCUT2D eigenvalue weighted by atomic mass is 16.5. The first-order valence-corrected chi connectivity index (χ1v) is 18.5. The summed E-state index contributed by atoms with van der Waals surface area (Å²) in [5, 5.41) is 7.14. The number of anilines is 3. The number of nitrogens with zero attached hydrogens (tertiary/aromatic N) is 1. The first kappa shape index (κ1) is 29.6. The number of furan rings is 2. The van der Waals surface area contributed by atoms with E-state index >= 15 is 0 Å². The number of hydrogen-bond acceptors (Lipinski definition) is 4. The third-order valence-electron chi connectivity index (χ3n) is 11.4. The zero-order chi connectivity index (χ0) is 35.3. The molecule has 0 unspecified atom stereocenters. The van der Waals surface area contributed by atoms with Crippen LogP contribution in [0, 0.1) is 0 Å². The first-order chi connectivity index (χ1) is 26.8. The highest BCUT2D eigenvalue weighted by Crippen LogP contribution is 2.49. The molecule has 0 amide bonds. The molecule has 2 aliphatic heterocycles. The molecule has 2 aliphatic rings. The van der Waals surface area contributed by atoms with Crippen LogP contribution in [-0.4, -0.2) is 13.4 Å². The maximum absolute atomic E-state index is 7.00. The van der Waals surface area contributed by atoms with Gasteiger partial charge in [0, 0.05) is 16.5 Å². The lowest BCUT2D eigenvalue weighted by atomic mass is 9.24. The van der Waals surface area contributed by atoms with Crippen molar-refractivity contribution >= 4 is 107 Å². The van der Waals surface area contributed by atoms with Crippen LogP contribution in [0.25, 0.3) is 43.5 Å². The lowest BCUT2D eigenvalue weighted by Crippen LogP contribution is -2.73. The number of fused-ring (bicyclic) bond motifs is 10. The summed E-state index contributed by atoms with van der Waals surface area (Å²) in [5.41, 5.74) is 11.4. The summed E-state index contributed by atoms with van der Waals surface area (Å²) >= 11 is 0. The van der Waals surface area contributed by atoms with Gasteiger partial charge in [0.15, 0.2) is 11.5 Å². The van der Waals surface area contributed by atoms with Gasteiger partial charge >= 0.3 is 0 Å². The van der Waals surface area contributed by atoms with Crippen molar-refractivity contribution in [3.8, 4) is 11.5 Å². The zero-order valence-corrected chi connectivity index (χ0v) is 29.1. The summed E-state index contributed by atoms with van der Waals surface area (Å²) in [4.78, 5) is 2.28. The molecule has 12 rings (SSSR count). The van der Waals surface area contributed by atoms with Crippen LogP contribution in [0.15, 0.2) is 185 Å². The van der Waals surface area contributed by atoms with E-state index in [2.05, 4.69) is 157 Å². The minimum absolute atomic E-state index is 0.154. The Kier molecular flexibility index (Phi) is 6.20. The summed E-state index contributed by atoms with van der Waals surface area (Å²) in [6.45, 7) is -0.330. The average Bonchev–Trinajstić information content (AvgIpc) is 3.80. The van der Waals surface area contributed by atoms with Crippen molar-refractivity contribution in [1.82, 2.24) is 0 Å². The third kappa shape index (κ3) is 4.28. The molecule has 0 saturated carbocycles. The van der Waals surface area contributed by atoms with E-state index in [4.69, 9.17) is 13.6 Å². The second kappa shape index (κ2) is 11.3. The fourth-order valence-corrected chi connectivity index (χ4v) is 9.03. The van der Waals surface area contributed by atoms with Crippen molar-refractivity contribution < 1.29 is 13.6 Å². The third-order valence-corrected chi connectivity index (χ3v) is 11.4. The molecule has 0 N–H and O–H groups in total. The largest absolute Gasteiger partial charge is 0.471 e. The molecule has 2 aromatic heterocycles. The van der Waals surface area contributed by atoms with Crippen LogP contribution >= 0.6 is 0 Å². The highest BCUT2D eigenvalue weighted by Gasteiger charge is 2.46. The molecular weight excluding hydrogens is 660 g/mol. The fraction of sp³-hybridized carbons (Fsp3) is 0. The Morgan fingerprint density at radius 3 is 1.50 bits per heavy atom. The summed E-state index contributed by atoms with van der Waals surface area (Å²) in [7, 11) is 0. The second-order valence-electron chi connectivity index (χ2n) is 14.4. The number of ether oxygens (including phenoxy) is 1. The van der Waals surface area contributed by atoms with Gasteiger partial charge in [0.25, 0.3) is 13.4 Å². The van der Waals surface area contributed by atoms with Gasteiger partial charge in [0.05, 0.1) is 22.7 Å². The lowest BCUT2D eigenvalue weighted by molar-refractivity contribution is 0.477. The number of hydrogen-bond donors (Lipinski definition) is 0. The Morgan fingerprint density at radius 1 is 0.389 bits per heavy atom. The van der Waals surface area contributed by atoms with Gasteiger partial charge in [-0.1, -0.05) is 126 Å². The summed E-state index contributed by atoms with van der Waals surface area (Å²) < 4.78 is 20.3. The van der Waals surface area contributed by atoms with Gasteiger partial charge in [-0.05, 0) is 93.1 Å². The Bertz CT molecular complexity index is 3070. The maximum atomic E-state index is 7.00. The number of para-hydroxylation sites is 6. The van der Waals surface area contributed by atoms with Crippen LogP contribution in [0.3, 0.4) is 0 Å². The van der Waals surface area contributed by atoms with Gasteiger partial charge in [-0.3, -0.25) is 0 Å². The molecule has 0 saturated heterocycles. The molecule has 4 nitrogen and oxygen atoms in total. The summed E-state index contributed by atoms with van der Waals surface area (Å²) in [5.74, 6) is 1.67. The minimum Gasteiger partial charge on any atom is -0.471 e. The SMILES string of the molecule is c1ccc2c(c1)Oc1ccccc1N2c1ccc(B2c3oc4ccccc4c3B(c3ccc4cc5ccccc5cc4c3)c3oc4ccccc4c32)cc1. The molecule has 0 bridgehead atoms. The molecule has 10 aromatic rings. The second-order valence-corrected chi connectivity index (χ2v) is 14.4. The first-order valence-electron chi connectivity index (χ1n) is 18.5.